The molecule has 1 amide bonds. The third-order valence-electron chi connectivity index (χ3n) is 6.38. The third-order valence-corrected chi connectivity index (χ3v) is 6.38. The molecule has 0 aliphatic carbocycles. The van der Waals surface area contributed by atoms with E-state index < -0.39 is 12.5 Å². The summed E-state index contributed by atoms with van der Waals surface area (Å²) in [6.45, 7) is 7.38. The molecular weight excluding hydrogens is 400 g/mol. The monoisotopic (exact) mass is 431 g/mol. The van der Waals surface area contributed by atoms with Crippen LogP contribution in [0.15, 0.2) is 30.5 Å². The number of carbonyl (C=O) groups is 1. The summed E-state index contributed by atoms with van der Waals surface area (Å²) in [5.74, 6) is 0.831. The summed E-state index contributed by atoms with van der Waals surface area (Å²) < 4.78 is 29.3. The van der Waals surface area contributed by atoms with E-state index in [0.717, 1.165) is 24.2 Å². The van der Waals surface area contributed by atoms with Gasteiger partial charge in [0.05, 0.1) is 12.1 Å². The van der Waals surface area contributed by atoms with E-state index in [-0.39, 0.29) is 29.7 Å². The Kier molecular flexibility index (Phi) is 5.99. The van der Waals surface area contributed by atoms with E-state index in [1.807, 2.05) is 49.9 Å². The van der Waals surface area contributed by atoms with Crippen molar-refractivity contribution >= 4 is 11.7 Å². The molecule has 1 N–H and O–H groups in total. The Balaban J connectivity index is 1.48. The second kappa shape index (κ2) is 8.55. The zero-order chi connectivity index (χ0) is 22.2. The predicted molar refractivity (Wildman–Crippen MR) is 115 cm³/mol. The van der Waals surface area contributed by atoms with Gasteiger partial charge in [-0.1, -0.05) is 26.8 Å². The summed E-state index contributed by atoms with van der Waals surface area (Å²) >= 11 is 0. The number of halogens is 2. The fourth-order valence-electron chi connectivity index (χ4n) is 4.58. The molecule has 0 aromatic carbocycles. The lowest BCUT2D eigenvalue weighted by Gasteiger charge is -2.41. The number of likely N-dealkylation sites (tertiary alicyclic amines) is 1. The highest BCUT2D eigenvalue weighted by Gasteiger charge is 2.39. The SMILES string of the molecule is CC(C)(C)c1cc2n(n1)[C@@H](C(F)F)C[C@@H](C1CCCN(C(=O)Cc3ccccn3)C1)N2. The molecule has 0 radical (unpaired) electrons. The zero-order valence-electron chi connectivity index (χ0n) is 18.4. The highest BCUT2D eigenvalue weighted by atomic mass is 19.3. The first-order chi connectivity index (χ1) is 14.7. The second-order valence-electron chi connectivity index (χ2n) is 9.74. The third kappa shape index (κ3) is 4.72. The van der Waals surface area contributed by atoms with Crippen LogP contribution in [0, 0.1) is 5.92 Å². The first kappa shape index (κ1) is 21.7. The number of anilines is 1. The Hall–Kier alpha value is -2.51. The molecule has 0 spiro atoms. The molecule has 1 unspecified atom stereocenters. The second-order valence-corrected chi connectivity index (χ2v) is 9.74. The largest absolute Gasteiger partial charge is 0.367 e. The quantitative estimate of drug-likeness (QED) is 0.793. The fraction of sp³-hybridized carbons (Fsp3) is 0.609. The maximum absolute atomic E-state index is 13.9. The van der Waals surface area contributed by atoms with Gasteiger partial charge in [-0.15, -0.1) is 0 Å². The summed E-state index contributed by atoms with van der Waals surface area (Å²) in [6.07, 6.45) is 1.58. The Labute approximate surface area is 182 Å². The molecule has 6 nitrogen and oxygen atoms in total. The Bertz CT molecular complexity index is 908. The highest BCUT2D eigenvalue weighted by Crippen LogP contribution is 2.38. The van der Waals surface area contributed by atoms with Gasteiger partial charge in [0, 0.05) is 42.5 Å². The molecule has 0 saturated carbocycles. The predicted octanol–water partition coefficient (Wildman–Crippen LogP) is 4.05. The van der Waals surface area contributed by atoms with Crippen LogP contribution >= 0.6 is 0 Å². The average Bonchev–Trinajstić information content (AvgIpc) is 3.18. The first-order valence-corrected chi connectivity index (χ1v) is 11.0. The lowest BCUT2D eigenvalue weighted by molar-refractivity contribution is -0.132. The molecule has 8 heteroatoms. The van der Waals surface area contributed by atoms with Gasteiger partial charge in [-0.05, 0) is 37.3 Å². The van der Waals surface area contributed by atoms with Crippen LogP contribution in [0.1, 0.15) is 57.5 Å². The van der Waals surface area contributed by atoms with Gasteiger partial charge in [0.25, 0.3) is 6.43 Å². The highest BCUT2D eigenvalue weighted by molar-refractivity contribution is 5.78. The lowest BCUT2D eigenvalue weighted by atomic mass is 9.85. The van der Waals surface area contributed by atoms with E-state index >= 15 is 0 Å². The minimum Gasteiger partial charge on any atom is -0.367 e. The molecular formula is C23H31F2N5O. The number of nitrogens with zero attached hydrogens (tertiary/aromatic N) is 4. The smallest absolute Gasteiger partial charge is 0.260 e. The number of alkyl halides is 2. The molecule has 1 saturated heterocycles. The van der Waals surface area contributed by atoms with E-state index in [9.17, 15) is 13.6 Å². The van der Waals surface area contributed by atoms with Crippen molar-refractivity contribution in [2.24, 2.45) is 5.92 Å². The van der Waals surface area contributed by atoms with Crippen LogP contribution in [-0.2, 0) is 16.6 Å². The van der Waals surface area contributed by atoms with Gasteiger partial charge in [-0.25, -0.2) is 13.5 Å². The molecule has 168 valence electrons. The molecule has 4 rings (SSSR count). The number of fused-ring (bicyclic) bond motifs is 1. The van der Waals surface area contributed by atoms with E-state index in [2.05, 4.69) is 15.4 Å². The van der Waals surface area contributed by atoms with Gasteiger partial charge in [0.15, 0.2) is 0 Å². The van der Waals surface area contributed by atoms with Gasteiger partial charge in [-0.3, -0.25) is 9.78 Å². The molecule has 2 aromatic rings. The number of nitrogens with one attached hydrogen (secondary N) is 1. The minimum absolute atomic E-state index is 0.0460. The topological polar surface area (TPSA) is 63.1 Å². The number of hydrogen-bond donors (Lipinski definition) is 1. The van der Waals surface area contributed by atoms with Gasteiger partial charge in [-0.2, -0.15) is 5.10 Å². The van der Waals surface area contributed by atoms with Crippen LogP contribution in [0.2, 0.25) is 0 Å². The Morgan fingerprint density at radius 2 is 2.13 bits per heavy atom. The lowest BCUT2D eigenvalue weighted by Crippen LogP contribution is -2.48. The van der Waals surface area contributed by atoms with Gasteiger partial charge < -0.3 is 10.2 Å². The molecule has 4 heterocycles. The van der Waals surface area contributed by atoms with Crippen LogP contribution < -0.4 is 5.32 Å². The Morgan fingerprint density at radius 1 is 1.32 bits per heavy atom. The molecule has 2 aromatic heterocycles. The van der Waals surface area contributed by atoms with Gasteiger partial charge >= 0.3 is 0 Å². The molecule has 2 aliphatic rings. The zero-order valence-corrected chi connectivity index (χ0v) is 18.4. The van der Waals surface area contributed by atoms with Gasteiger partial charge in [0.2, 0.25) is 5.91 Å². The van der Waals surface area contributed by atoms with Crippen LogP contribution in [0.4, 0.5) is 14.6 Å². The van der Waals surface area contributed by atoms with Crippen molar-refractivity contribution in [3.05, 3.63) is 41.9 Å². The standard InChI is InChI=1S/C23H31F2N5O/c1-23(2,3)19-13-20-27-17(12-18(22(24)25)30(20)28-19)15-7-6-10-29(14-15)21(31)11-16-8-4-5-9-26-16/h4-5,8-9,13,15,17-18,22,27H,6-7,10-12,14H2,1-3H3/t15?,17-,18+/m0/s1. The van der Waals surface area contributed by atoms with Crippen molar-refractivity contribution in [3.8, 4) is 0 Å². The number of hydrogen-bond acceptors (Lipinski definition) is 4. The minimum atomic E-state index is -2.48. The summed E-state index contributed by atoms with van der Waals surface area (Å²) in [5, 5.41) is 7.97. The van der Waals surface area contributed by atoms with Crippen LogP contribution in [0.3, 0.4) is 0 Å². The molecule has 2 aliphatic heterocycles. The summed E-state index contributed by atoms with van der Waals surface area (Å²) in [7, 11) is 0. The number of carbonyl (C=O) groups excluding carboxylic acids is 1. The van der Waals surface area contributed by atoms with Crippen LogP contribution in [0.25, 0.3) is 0 Å². The number of pyridine rings is 1. The summed E-state index contributed by atoms with van der Waals surface area (Å²) in [4.78, 5) is 18.9. The van der Waals surface area contributed by atoms with Gasteiger partial charge in [0.1, 0.15) is 11.9 Å². The van der Waals surface area contributed by atoms with Crippen molar-refractivity contribution in [3.63, 3.8) is 0 Å². The first-order valence-electron chi connectivity index (χ1n) is 11.0. The van der Waals surface area contributed by atoms with Crippen LogP contribution in [-0.4, -0.2) is 51.1 Å². The number of piperidine rings is 1. The normalized spacial score (nSPS) is 24.1. The summed E-state index contributed by atoms with van der Waals surface area (Å²) in [5.41, 5.74) is 1.34. The number of aromatic nitrogens is 3. The van der Waals surface area contributed by atoms with E-state index in [0.29, 0.717) is 25.3 Å². The average molecular weight is 432 g/mol. The molecule has 1 fully saturated rings. The maximum Gasteiger partial charge on any atom is 0.260 e. The van der Waals surface area contributed by atoms with Crippen molar-refractivity contribution < 1.29 is 13.6 Å². The van der Waals surface area contributed by atoms with E-state index in [4.69, 9.17) is 0 Å². The van der Waals surface area contributed by atoms with Crippen LogP contribution in [0.5, 0.6) is 0 Å². The number of amides is 1. The van der Waals surface area contributed by atoms with Crippen molar-refractivity contribution in [1.29, 1.82) is 0 Å². The van der Waals surface area contributed by atoms with E-state index in [1.165, 1.54) is 4.68 Å². The van der Waals surface area contributed by atoms with Crippen molar-refractivity contribution in [2.75, 3.05) is 18.4 Å². The number of rotatable bonds is 4. The molecule has 3 atom stereocenters. The maximum atomic E-state index is 13.9. The van der Waals surface area contributed by atoms with Crippen molar-refractivity contribution in [1.82, 2.24) is 19.7 Å². The molecule has 0 bridgehead atoms. The molecule has 31 heavy (non-hydrogen) atoms. The fourth-order valence-corrected chi connectivity index (χ4v) is 4.58. The summed E-state index contributed by atoms with van der Waals surface area (Å²) in [6, 6.07) is 6.39. The van der Waals surface area contributed by atoms with E-state index in [1.54, 1.807) is 6.20 Å². The van der Waals surface area contributed by atoms with Crippen molar-refractivity contribution in [2.45, 2.75) is 70.4 Å². The Morgan fingerprint density at radius 3 is 2.81 bits per heavy atom.